The van der Waals surface area contributed by atoms with Crippen molar-refractivity contribution in [2.45, 2.75) is 0 Å². The molecule has 1 heterocycles. The molecule has 0 spiro atoms. The number of aromatic nitrogens is 1. The summed E-state index contributed by atoms with van der Waals surface area (Å²) < 4.78 is 11.1. The van der Waals surface area contributed by atoms with Gasteiger partial charge in [0.2, 0.25) is 0 Å². The Morgan fingerprint density at radius 3 is 2.50 bits per heavy atom. The van der Waals surface area contributed by atoms with E-state index in [-0.39, 0.29) is 0 Å². The molecule has 3 nitrogen and oxygen atoms in total. The first-order valence-electron chi connectivity index (χ1n) is 6.19. The Hall–Kier alpha value is -2.18. The lowest BCUT2D eigenvalue weighted by Crippen LogP contribution is -2.09. The molecular weight excluding hydrogens is 274 g/mol. The molecule has 0 amide bonds. The van der Waals surface area contributed by atoms with Crippen LogP contribution in [0.25, 0.3) is 0 Å². The smallest absolute Gasteiger partial charge is 0.139 e. The van der Waals surface area contributed by atoms with Gasteiger partial charge in [0.05, 0.1) is 12.1 Å². The maximum Gasteiger partial charge on any atom is 0.139 e. The van der Waals surface area contributed by atoms with E-state index >= 15 is 0 Å². The Morgan fingerprint density at radius 1 is 1.00 bits per heavy atom. The monoisotopic (exact) mass is 287 g/mol. The van der Waals surface area contributed by atoms with Crippen molar-refractivity contribution in [2.24, 2.45) is 0 Å². The van der Waals surface area contributed by atoms with Crippen LogP contribution in [0.4, 0.5) is 0 Å². The highest BCUT2D eigenvalue weighted by Crippen LogP contribution is 2.11. The second kappa shape index (κ2) is 8.08. The summed E-state index contributed by atoms with van der Waals surface area (Å²) in [6.45, 7) is 0.921. The third kappa shape index (κ3) is 4.83. The van der Waals surface area contributed by atoms with Gasteiger partial charge in [-0.3, -0.25) is 4.98 Å². The zero-order valence-electron chi connectivity index (χ0n) is 10.9. The van der Waals surface area contributed by atoms with E-state index < -0.39 is 0 Å². The van der Waals surface area contributed by atoms with Gasteiger partial charge in [0.25, 0.3) is 0 Å². The van der Waals surface area contributed by atoms with Crippen LogP contribution in [0.15, 0.2) is 48.8 Å². The average molecular weight is 288 g/mol. The maximum atomic E-state index is 5.56. The first-order valence-corrected chi connectivity index (χ1v) is 6.72. The predicted molar refractivity (Wildman–Crippen MR) is 79.3 cm³/mol. The lowest BCUT2D eigenvalue weighted by molar-refractivity contribution is 0.216. The number of hydrogen-bond acceptors (Lipinski definition) is 3. The van der Waals surface area contributed by atoms with Crippen LogP contribution >= 0.6 is 11.6 Å². The van der Waals surface area contributed by atoms with Crippen molar-refractivity contribution < 1.29 is 9.47 Å². The highest BCUT2D eigenvalue weighted by molar-refractivity contribution is 6.19. The Kier molecular flexibility index (Phi) is 5.75. The summed E-state index contributed by atoms with van der Waals surface area (Å²) in [4.78, 5) is 4.06. The summed E-state index contributed by atoms with van der Waals surface area (Å²) in [7, 11) is 0. The minimum atomic E-state index is 0.302. The summed E-state index contributed by atoms with van der Waals surface area (Å²) >= 11 is 5.51. The molecule has 0 atom stereocenters. The highest BCUT2D eigenvalue weighted by atomic mass is 35.5. The van der Waals surface area contributed by atoms with Crippen molar-refractivity contribution in [2.75, 3.05) is 19.1 Å². The van der Waals surface area contributed by atoms with Crippen LogP contribution in [-0.2, 0) is 0 Å². The summed E-state index contributed by atoms with van der Waals surface area (Å²) in [6, 6.07) is 11.4. The fourth-order valence-electron chi connectivity index (χ4n) is 1.54. The van der Waals surface area contributed by atoms with Crippen LogP contribution < -0.4 is 9.47 Å². The van der Waals surface area contributed by atoms with Gasteiger partial charge < -0.3 is 9.47 Å². The summed E-state index contributed by atoms with van der Waals surface area (Å²) in [5.74, 6) is 7.47. The van der Waals surface area contributed by atoms with Crippen LogP contribution in [-0.4, -0.2) is 24.1 Å². The molecule has 0 aliphatic carbocycles. The summed E-state index contributed by atoms with van der Waals surface area (Å²) in [5.41, 5.74) is 0.784. The van der Waals surface area contributed by atoms with Gasteiger partial charge >= 0.3 is 0 Å². The van der Waals surface area contributed by atoms with E-state index in [0.717, 1.165) is 11.3 Å². The molecule has 0 bridgehead atoms. The van der Waals surface area contributed by atoms with E-state index in [1.165, 1.54) is 0 Å². The third-order valence-corrected chi connectivity index (χ3v) is 2.51. The standard InChI is InChI=1S/C16H14ClNO2/c17-8-4-5-14-11-16(13-18-12-14)20-10-9-19-15-6-2-1-3-7-15/h1-3,6-7,11-13H,8-10H2. The van der Waals surface area contributed by atoms with E-state index in [1.54, 1.807) is 12.4 Å². The molecule has 102 valence electrons. The molecule has 4 heteroatoms. The van der Waals surface area contributed by atoms with E-state index in [2.05, 4.69) is 16.8 Å². The molecular formula is C16H14ClNO2. The van der Waals surface area contributed by atoms with Gasteiger partial charge in [-0.2, -0.15) is 0 Å². The Balaban J connectivity index is 1.79. The molecule has 0 fully saturated rings. The SMILES string of the molecule is ClCC#Cc1cncc(OCCOc2ccccc2)c1. The van der Waals surface area contributed by atoms with E-state index in [9.17, 15) is 0 Å². The topological polar surface area (TPSA) is 31.4 Å². The van der Waals surface area contributed by atoms with Crippen molar-refractivity contribution in [3.8, 4) is 23.3 Å². The Bertz CT molecular complexity index is 590. The summed E-state index contributed by atoms with van der Waals surface area (Å²) in [6.07, 6.45) is 3.32. The zero-order valence-corrected chi connectivity index (χ0v) is 11.6. The van der Waals surface area contributed by atoms with Crippen LogP contribution in [0.3, 0.4) is 0 Å². The summed E-state index contributed by atoms with van der Waals surface area (Å²) in [5, 5.41) is 0. The highest BCUT2D eigenvalue weighted by Gasteiger charge is 1.97. The second-order valence-corrected chi connectivity index (χ2v) is 4.12. The predicted octanol–water partition coefficient (Wildman–Crippen LogP) is 3.13. The van der Waals surface area contributed by atoms with E-state index in [0.29, 0.717) is 24.8 Å². The van der Waals surface area contributed by atoms with E-state index in [4.69, 9.17) is 21.1 Å². The van der Waals surface area contributed by atoms with Crippen molar-refractivity contribution in [3.05, 3.63) is 54.4 Å². The molecule has 2 aromatic rings. The van der Waals surface area contributed by atoms with Crippen LogP contribution in [0.5, 0.6) is 11.5 Å². The molecule has 0 radical (unpaired) electrons. The normalized spacial score (nSPS) is 9.45. The molecule has 0 N–H and O–H groups in total. The van der Waals surface area contributed by atoms with Gasteiger partial charge in [-0.15, -0.1) is 11.6 Å². The Morgan fingerprint density at radius 2 is 1.75 bits per heavy atom. The molecule has 0 unspecified atom stereocenters. The number of alkyl halides is 1. The van der Waals surface area contributed by atoms with Crippen molar-refractivity contribution >= 4 is 11.6 Å². The van der Waals surface area contributed by atoms with E-state index in [1.807, 2.05) is 36.4 Å². The first kappa shape index (κ1) is 14.2. The van der Waals surface area contributed by atoms with Crippen molar-refractivity contribution in [1.29, 1.82) is 0 Å². The van der Waals surface area contributed by atoms with Gasteiger partial charge in [0.15, 0.2) is 0 Å². The molecule has 0 saturated heterocycles. The number of nitrogens with zero attached hydrogens (tertiary/aromatic N) is 1. The first-order chi connectivity index (χ1) is 9.88. The molecule has 0 aliphatic heterocycles. The lowest BCUT2D eigenvalue weighted by Gasteiger charge is -2.08. The molecule has 0 aliphatic rings. The van der Waals surface area contributed by atoms with Gasteiger partial charge in [0, 0.05) is 11.8 Å². The van der Waals surface area contributed by atoms with Crippen LogP contribution in [0.2, 0.25) is 0 Å². The van der Waals surface area contributed by atoms with Crippen molar-refractivity contribution in [1.82, 2.24) is 4.98 Å². The van der Waals surface area contributed by atoms with Gasteiger partial charge in [-0.25, -0.2) is 0 Å². The van der Waals surface area contributed by atoms with Crippen LogP contribution in [0, 0.1) is 11.8 Å². The number of halogens is 1. The lowest BCUT2D eigenvalue weighted by atomic mass is 10.3. The fourth-order valence-corrected chi connectivity index (χ4v) is 1.60. The average Bonchev–Trinajstić information content (AvgIpc) is 2.51. The minimum Gasteiger partial charge on any atom is -0.490 e. The fraction of sp³-hybridized carbons (Fsp3) is 0.188. The molecule has 2 rings (SSSR count). The van der Waals surface area contributed by atoms with Gasteiger partial charge in [-0.05, 0) is 18.2 Å². The third-order valence-electron chi connectivity index (χ3n) is 2.38. The number of para-hydroxylation sites is 1. The minimum absolute atomic E-state index is 0.302. The van der Waals surface area contributed by atoms with Gasteiger partial charge in [0.1, 0.15) is 24.7 Å². The largest absolute Gasteiger partial charge is 0.490 e. The van der Waals surface area contributed by atoms with Crippen molar-refractivity contribution in [3.63, 3.8) is 0 Å². The number of rotatable bonds is 5. The molecule has 1 aromatic carbocycles. The molecule has 1 aromatic heterocycles. The molecule has 20 heavy (non-hydrogen) atoms. The number of benzene rings is 1. The molecule has 0 saturated carbocycles. The zero-order chi connectivity index (χ0) is 14.0. The Labute approximate surface area is 123 Å². The quantitative estimate of drug-likeness (QED) is 0.481. The second-order valence-electron chi connectivity index (χ2n) is 3.85. The van der Waals surface area contributed by atoms with Crippen LogP contribution in [0.1, 0.15) is 5.56 Å². The number of pyridine rings is 1. The number of ether oxygens (including phenoxy) is 2. The maximum absolute atomic E-state index is 5.56. The number of hydrogen-bond donors (Lipinski definition) is 0. The van der Waals surface area contributed by atoms with Gasteiger partial charge in [-0.1, -0.05) is 30.0 Å².